The monoisotopic (exact) mass is 484 g/mol. The molecular weight excluding hydrogens is 472 g/mol. The summed E-state index contributed by atoms with van der Waals surface area (Å²) < 4.78 is 7.79. The molecule has 1 aliphatic heterocycles. The van der Waals surface area contributed by atoms with E-state index in [1.165, 1.54) is 0 Å². The zero-order valence-corrected chi connectivity index (χ0v) is 15.9. The molecular formula is C13H15Br3N2O3. The summed E-state index contributed by atoms with van der Waals surface area (Å²) in [4.78, 5) is 14.1. The molecule has 0 aromatic heterocycles. The van der Waals surface area contributed by atoms with E-state index in [0.29, 0.717) is 25.4 Å². The largest absolute Gasteiger partial charge is 0.395 e. The van der Waals surface area contributed by atoms with E-state index in [4.69, 9.17) is 4.74 Å². The smallest absolute Gasteiger partial charge is 0.238 e. The Morgan fingerprint density at radius 3 is 2.67 bits per heavy atom. The first-order valence-electron chi connectivity index (χ1n) is 6.38. The summed E-state index contributed by atoms with van der Waals surface area (Å²) in [6.45, 7) is 1.88. The number of carbonyl (C=O) groups is 1. The summed E-state index contributed by atoms with van der Waals surface area (Å²) in [7, 11) is 0. The van der Waals surface area contributed by atoms with Gasteiger partial charge in [-0.2, -0.15) is 0 Å². The van der Waals surface area contributed by atoms with Crippen molar-refractivity contribution in [2.24, 2.45) is 0 Å². The highest BCUT2D eigenvalue weighted by Gasteiger charge is 2.24. The van der Waals surface area contributed by atoms with Crippen molar-refractivity contribution in [3.05, 3.63) is 25.6 Å². The topological polar surface area (TPSA) is 61.8 Å². The number of aliphatic hydroxyl groups is 1. The van der Waals surface area contributed by atoms with Crippen LogP contribution >= 0.6 is 47.8 Å². The van der Waals surface area contributed by atoms with Crippen LogP contribution in [0.15, 0.2) is 25.6 Å². The molecule has 116 valence electrons. The molecule has 0 radical (unpaired) electrons. The molecule has 1 unspecified atom stereocenters. The molecule has 0 spiro atoms. The van der Waals surface area contributed by atoms with Gasteiger partial charge in [0.15, 0.2) is 0 Å². The molecule has 0 bridgehead atoms. The Morgan fingerprint density at radius 2 is 2.05 bits per heavy atom. The Hall–Kier alpha value is 0.0100. The fourth-order valence-electron chi connectivity index (χ4n) is 2.09. The normalized spacial score (nSPS) is 19.5. The van der Waals surface area contributed by atoms with Crippen LogP contribution in [0, 0.1) is 0 Å². The number of anilines is 1. The highest BCUT2D eigenvalue weighted by atomic mass is 79.9. The van der Waals surface area contributed by atoms with Gasteiger partial charge in [0, 0.05) is 20.0 Å². The molecule has 1 fully saturated rings. The molecule has 1 heterocycles. The second-order valence-corrected chi connectivity index (χ2v) is 7.30. The summed E-state index contributed by atoms with van der Waals surface area (Å²) in [5, 5.41) is 12.2. The lowest BCUT2D eigenvalue weighted by molar-refractivity contribution is -0.120. The number of aliphatic hydroxyl groups excluding tert-OH is 1. The van der Waals surface area contributed by atoms with E-state index in [-0.39, 0.29) is 25.1 Å². The van der Waals surface area contributed by atoms with Gasteiger partial charge in [0.25, 0.3) is 0 Å². The standard InChI is InChI=1S/C13H15Br3N2O3/c14-8-3-10(15)13(11(16)4-8)17-12(20)5-18-1-2-21-7-9(18)6-19/h3-4,9,19H,1-2,5-7H2,(H,17,20). The van der Waals surface area contributed by atoms with Gasteiger partial charge in [0.05, 0.1) is 38.1 Å². The molecule has 21 heavy (non-hydrogen) atoms. The minimum atomic E-state index is -0.126. The van der Waals surface area contributed by atoms with E-state index >= 15 is 0 Å². The zero-order valence-electron chi connectivity index (χ0n) is 11.1. The summed E-state index contributed by atoms with van der Waals surface area (Å²) in [5.41, 5.74) is 0.692. The van der Waals surface area contributed by atoms with E-state index < -0.39 is 0 Å². The fourth-order valence-corrected chi connectivity index (χ4v) is 4.55. The average molecular weight is 487 g/mol. The average Bonchev–Trinajstić information content (AvgIpc) is 2.43. The minimum absolute atomic E-state index is 0.0149. The Bertz CT molecular complexity index is 504. The Balaban J connectivity index is 2.01. The van der Waals surface area contributed by atoms with Crippen molar-refractivity contribution >= 4 is 59.4 Å². The quantitative estimate of drug-likeness (QED) is 0.687. The SMILES string of the molecule is O=C(CN1CCOCC1CO)Nc1c(Br)cc(Br)cc1Br. The highest BCUT2D eigenvalue weighted by molar-refractivity contribution is 9.11. The van der Waals surface area contributed by atoms with E-state index in [1.807, 2.05) is 17.0 Å². The van der Waals surface area contributed by atoms with Crippen LogP contribution in [0.5, 0.6) is 0 Å². The van der Waals surface area contributed by atoms with Crippen LogP contribution in [-0.4, -0.2) is 54.9 Å². The summed E-state index contributed by atoms with van der Waals surface area (Å²) in [6.07, 6.45) is 0. The Labute approximate surface area is 148 Å². The summed E-state index contributed by atoms with van der Waals surface area (Å²) in [5.74, 6) is -0.126. The van der Waals surface area contributed by atoms with Crippen molar-refractivity contribution in [1.29, 1.82) is 0 Å². The number of carbonyl (C=O) groups excluding carboxylic acids is 1. The van der Waals surface area contributed by atoms with Gasteiger partial charge in [-0.05, 0) is 44.0 Å². The lowest BCUT2D eigenvalue weighted by Gasteiger charge is -2.33. The van der Waals surface area contributed by atoms with Crippen LogP contribution in [0.1, 0.15) is 0 Å². The number of rotatable bonds is 4. The fraction of sp³-hybridized carbons (Fsp3) is 0.462. The second kappa shape index (κ2) is 8.03. The number of halogens is 3. The van der Waals surface area contributed by atoms with Crippen molar-refractivity contribution in [2.45, 2.75) is 6.04 Å². The maximum atomic E-state index is 12.2. The van der Waals surface area contributed by atoms with E-state index in [1.54, 1.807) is 0 Å². The summed E-state index contributed by atoms with van der Waals surface area (Å²) in [6, 6.07) is 3.61. The lowest BCUT2D eigenvalue weighted by Crippen LogP contribution is -2.50. The maximum absolute atomic E-state index is 12.2. The van der Waals surface area contributed by atoms with Gasteiger partial charge in [-0.3, -0.25) is 9.69 Å². The molecule has 1 saturated heterocycles. The van der Waals surface area contributed by atoms with Gasteiger partial charge in [-0.25, -0.2) is 0 Å². The van der Waals surface area contributed by atoms with Crippen molar-refractivity contribution in [3.8, 4) is 0 Å². The highest BCUT2D eigenvalue weighted by Crippen LogP contribution is 2.34. The predicted octanol–water partition coefficient (Wildman–Crippen LogP) is 2.61. The van der Waals surface area contributed by atoms with Crippen LogP contribution in [-0.2, 0) is 9.53 Å². The van der Waals surface area contributed by atoms with E-state index in [9.17, 15) is 9.90 Å². The number of hydrogen-bond acceptors (Lipinski definition) is 4. The zero-order chi connectivity index (χ0) is 15.4. The molecule has 1 aromatic carbocycles. The molecule has 1 aliphatic rings. The molecule has 1 amide bonds. The van der Waals surface area contributed by atoms with Gasteiger partial charge in [0.2, 0.25) is 5.91 Å². The first kappa shape index (κ1) is 17.4. The van der Waals surface area contributed by atoms with Gasteiger partial charge >= 0.3 is 0 Å². The maximum Gasteiger partial charge on any atom is 0.238 e. The molecule has 5 nitrogen and oxygen atoms in total. The number of hydrogen-bond donors (Lipinski definition) is 2. The molecule has 2 N–H and O–H groups in total. The van der Waals surface area contributed by atoms with Gasteiger partial charge in [-0.15, -0.1) is 0 Å². The molecule has 0 aliphatic carbocycles. The van der Waals surface area contributed by atoms with Crippen molar-refractivity contribution in [1.82, 2.24) is 4.90 Å². The first-order chi connectivity index (χ1) is 10.0. The van der Waals surface area contributed by atoms with Crippen molar-refractivity contribution < 1.29 is 14.6 Å². The van der Waals surface area contributed by atoms with Gasteiger partial charge < -0.3 is 15.2 Å². The van der Waals surface area contributed by atoms with Crippen molar-refractivity contribution in [2.75, 3.05) is 38.2 Å². The number of morpholine rings is 1. The molecule has 0 saturated carbocycles. The molecule has 1 atom stereocenters. The third kappa shape index (κ3) is 4.74. The number of ether oxygens (including phenoxy) is 1. The predicted molar refractivity (Wildman–Crippen MR) is 91.4 cm³/mol. The van der Waals surface area contributed by atoms with Crippen LogP contribution in [0.25, 0.3) is 0 Å². The molecule has 8 heteroatoms. The first-order valence-corrected chi connectivity index (χ1v) is 8.76. The third-order valence-electron chi connectivity index (χ3n) is 3.18. The van der Waals surface area contributed by atoms with Gasteiger partial charge in [-0.1, -0.05) is 15.9 Å². The Morgan fingerprint density at radius 1 is 1.38 bits per heavy atom. The minimum Gasteiger partial charge on any atom is -0.395 e. The van der Waals surface area contributed by atoms with Crippen LogP contribution in [0.3, 0.4) is 0 Å². The van der Waals surface area contributed by atoms with Crippen molar-refractivity contribution in [3.63, 3.8) is 0 Å². The third-order valence-corrected chi connectivity index (χ3v) is 4.89. The van der Waals surface area contributed by atoms with Crippen LogP contribution in [0.2, 0.25) is 0 Å². The summed E-state index contributed by atoms with van der Waals surface area (Å²) >= 11 is 10.2. The molecule has 2 rings (SSSR count). The molecule has 1 aromatic rings. The number of amides is 1. The van der Waals surface area contributed by atoms with Crippen LogP contribution in [0.4, 0.5) is 5.69 Å². The number of benzene rings is 1. The number of nitrogens with one attached hydrogen (secondary N) is 1. The lowest BCUT2D eigenvalue weighted by atomic mass is 10.2. The van der Waals surface area contributed by atoms with E-state index in [2.05, 4.69) is 53.1 Å². The second-order valence-electron chi connectivity index (χ2n) is 4.67. The number of nitrogens with zero attached hydrogens (tertiary/aromatic N) is 1. The van der Waals surface area contributed by atoms with E-state index in [0.717, 1.165) is 13.4 Å². The van der Waals surface area contributed by atoms with Gasteiger partial charge in [0.1, 0.15) is 0 Å². The van der Waals surface area contributed by atoms with Crippen LogP contribution < -0.4 is 5.32 Å². The Kier molecular flexibility index (Phi) is 6.64.